The van der Waals surface area contributed by atoms with E-state index in [2.05, 4.69) is 5.32 Å². The third-order valence-corrected chi connectivity index (χ3v) is 2.68. The van der Waals surface area contributed by atoms with Gasteiger partial charge in [0.2, 0.25) is 0 Å². The molecule has 1 saturated heterocycles. The summed E-state index contributed by atoms with van der Waals surface area (Å²) in [6, 6.07) is 2.57. The largest absolute Gasteiger partial charge is 0.326 e. The first-order chi connectivity index (χ1) is 8.06. The molecule has 2 amide bonds. The second-order valence-corrected chi connectivity index (χ2v) is 4.05. The third kappa shape index (κ3) is 2.71. The van der Waals surface area contributed by atoms with Crippen molar-refractivity contribution in [3.8, 4) is 0 Å². The summed E-state index contributed by atoms with van der Waals surface area (Å²) < 4.78 is 25.9. The highest BCUT2D eigenvalue weighted by Crippen LogP contribution is 2.16. The van der Waals surface area contributed by atoms with Gasteiger partial charge in [-0.25, -0.2) is 13.6 Å². The quantitative estimate of drug-likeness (QED) is 0.783. The maximum atomic E-state index is 13.3. The van der Waals surface area contributed by atoms with E-state index in [-0.39, 0.29) is 11.7 Å². The van der Waals surface area contributed by atoms with Crippen LogP contribution in [0, 0.1) is 11.6 Å². The van der Waals surface area contributed by atoms with Crippen LogP contribution in [0.1, 0.15) is 6.42 Å². The number of carbonyl (C=O) groups is 1. The molecule has 0 aromatic heterocycles. The molecule has 1 fully saturated rings. The number of nitrogens with one attached hydrogen (secondary N) is 1. The van der Waals surface area contributed by atoms with Gasteiger partial charge in [-0.3, -0.25) is 0 Å². The van der Waals surface area contributed by atoms with E-state index < -0.39 is 17.7 Å². The number of amides is 2. The number of hydrogen-bond donors (Lipinski definition) is 2. The van der Waals surface area contributed by atoms with E-state index in [1.165, 1.54) is 11.0 Å². The van der Waals surface area contributed by atoms with Crippen LogP contribution >= 0.6 is 0 Å². The highest BCUT2D eigenvalue weighted by atomic mass is 19.1. The number of rotatable bonds is 1. The molecule has 1 heterocycles. The predicted octanol–water partition coefficient (Wildman–Crippen LogP) is 1.53. The van der Waals surface area contributed by atoms with E-state index in [0.717, 1.165) is 18.6 Å². The van der Waals surface area contributed by atoms with Crippen LogP contribution in [0.25, 0.3) is 0 Å². The van der Waals surface area contributed by atoms with Crippen LogP contribution in [0.15, 0.2) is 18.2 Å². The van der Waals surface area contributed by atoms with Crippen molar-refractivity contribution >= 4 is 11.7 Å². The molecule has 4 nitrogen and oxygen atoms in total. The zero-order valence-corrected chi connectivity index (χ0v) is 9.12. The molecule has 0 radical (unpaired) electrons. The lowest BCUT2D eigenvalue weighted by Crippen LogP contribution is -2.35. The lowest BCUT2D eigenvalue weighted by atomic mass is 10.3. The summed E-state index contributed by atoms with van der Waals surface area (Å²) in [5.41, 5.74) is 5.63. The summed E-state index contributed by atoms with van der Waals surface area (Å²) in [6.45, 7) is 1.00. The fourth-order valence-corrected chi connectivity index (χ4v) is 1.76. The van der Waals surface area contributed by atoms with Crippen molar-refractivity contribution in [2.75, 3.05) is 18.4 Å². The minimum atomic E-state index is -0.790. The predicted molar refractivity (Wildman–Crippen MR) is 59.5 cm³/mol. The van der Waals surface area contributed by atoms with Crippen LogP contribution in [0.4, 0.5) is 19.3 Å². The summed E-state index contributed by atoms with van der Waals surface area (Å²) in [5.74, 6) is -1.47. The highest BCUT2D eigenvalue weighted by molar-refractivity contribution is 5.89. The summed E-state index contributed by atoms with van der Waals surface area (Å²) in [5, 5.41) is 2.39. The Labute approximate surface area is 97.4 Å². The molecule has 0 saturated carbocycles. The zero-order chi connectivity index (χ0) is 12.4. The van der Waals surface area contributed by atoms with E-state index in [1.54, 1.807) is 0 Å². The number of benzene rings is 1. The Bertz CT molecular complexity index is 439. The Balaban J connectivity index is 2.03. The van der Waals surface area contributed by atoms with Crippen molar-refractivity contribution in [1.29, 1.82) is 0 Å². The van der Waals surface area contributed by atoms with Gasteiger partial charge in [-0.15, -0.1) is 0 Å². The minimum absolute atomic E-state index is 0.0289. The van der Waals surface area contributed by atoms with Crippen molar-refractivity contribution < 1.29 is 13.6 Å². The van der Waals surface area contributed by atoms with Gasteiger partial charge in [0.25, 0.3) is 0 Å². The Morgan fingerprint density at radius 2 is 2.24 bits per heavy atom. The molecule has 3 N–H and O–H groups in total. The number of hydrogen-bond acceptors (Lipinski definition) is 2. The molecule has 92 valence electrons. The summed E-state index contributed by atoms with van der Waals surface area (Å²) in [6.07, 6.45) is 0.735. The van der Waals surface area contributed by atoms with Crippen LogP contribution in [-0.4, -0.2) is 30.1 Å². The Kier molecular flexibility index (Phi) is 3.23. The summed E-state index contributed by atoms with van der Waals surface area (Å²) in [4.78, 5) is 13.2. The number of urea groups is 1. The van der Waals surface area contributed by atoms with Gasteiger partial charge in [0.15, 0.2) is 0 Å². The molecule has 6 heteroatoms. The van der Waals surface area contributed by atoms with Gasteiger partial charge in [-0.1, -0.05) is 0 Å². The van der Waals surface area contributed by atoms with Crippen LogP contribution in [-0.2, 0) is 0 Å². The van der Waals surface area contributed by atoms with Gasteiger partial charge in [0, 0.05) is 25.2 Å². The van der Waals surface area contributed by atoms with Gasteiger partial charge in [-0.05, 0) is 18.6 Å². The normalized spacial score (nSPS) is 19.5. The van der Waals surface area contributed by atoms with Gasteiger partial charge in [-0.2, -0.15) is 0 Å². The fraction of sp³-hybridized carbons (Fsp3) is 0.364. The molecule has 1 aliphatic rings. The minimum Gasteiger partial charge on any atom is -0.326 e. The molecule has 1 atom stereocenters. The first-order valence-electron chi connectivity index (χ1n) is 5.33. The lowest BCUT2D eigenvalue weighted by Gasteiger charge is -2.16. The first-order valence-corrected chi connectivity index (χ1v) is 5.33. The number of halogens is 2. The average molecular weight is 241 g/mol. The molecular formula is C11H13F2N3O. The van der Waals surface area contributed by atoms with Crippen molar-refractivity contribution in [3.05, 3.63) is 29.8 Å². The van der Waals surface area contributed by atoms with Crippen LogP contribution in [0.2, 0.25) is 0 Å². The number of carbonyl (C=O) groups excluding carboxylic acids is 1. The fourth-order valence-electron chi connectivity index (χ4n) is 1.76. The lowest BCUT2D eigenvalue weighted by molar-refractivity contribution is 0.222. The Morgan fingerprint density at radius 1 is 1.47 bits per heavy atom. The zero-order valence-electron chi connectivity index (χ0n) is 9.12. The molecular weight excluding hydrogens is 228 g/mol. The van der Waals surface area contributed by atoms with Crippen LogP contribution in [0.5, 0.6) is 0 Å². The van der Waals surface area contributed by atoms with Gasteiger partial charge in [0.05, 0.1) is 5.69 Å². The third-order valence-electron chi connectivity index (χ3n) is 2.68. The van der Waals surface area contributed by atoms with Crippen LogP contribution < -0.4 is 11.1 Å². The molecule has 2 rings (SSSR count). The van der Waals surface area contributed by atoms with Crippen molar-refractivity contribution in [1.82, 2.24) is 4.90 Å². The first kappa shape index (κ1) is 11.8. The molecule has 0 aliphatic carbocycles. The monoisotopic (exact) mass is 241 g/mol. The smallest absolute Gasteiger partial charge is 0.321 e. The molecule has 17 heavy (non-hydrogen) atoms. The molecule has 1 aliphatic heterocycles. The molecule has 1 aromatic rings. The number of likely N-dealkylation sites (tertiary alicyclic amines) is 1. The molecule has 1 aromatic carbocycles. The second kappa shape index (κ2) is 4.67. The maximum Gasteiger partial charge on any atom is 0.321 e. The Hall–Kier alpha value is -1.69. The number of anilines is 1. The standard InChI is InChI=1S/C11H13F2N3O/c12-7-1-2-10(9(13)5-7)15-11(17)16-4-3-8(14)6-16/h1-2,5,8H,3-4,6,14H2,(H,15,17)/t8-/m1/s1. The average Bonchev–Trinajstić information content (AvgIpc) is 2.69. The second-order valence-electron chi connectivity index (χ2n) is 4.05. The molecule has 0 spiro atoms. The SMILES string of the molecule is N[C@@H]1CCN(C(=O)Nc2ccc(F)cc2F)C1. The van der Waals surface area contributed by atoms with Gasteiger partial charge < -0.3 is 16.0 Å². The Morgan fingerprint density at radius 3 is 2.82 bits per heavy atom. The maximum absolute atomic E-state index is 13.3. The molecule has 0 bridgehead atoms. The van der Waals surface area contributed by atoms with E-state index in [4.69, 9.17) is 5.73 Å². The van der Waals surface area contributed by atoms with Gasteiger partial charge in [0.1, 0.15) is 11.6 Å². The van der Waals surface area contributed by atoms with E-state index >= 15 is 0 Å². The molecule has 0 unspecified atom stereocenters. The van der Waals surface area contributed by atoms with Crippen molar-refractivity contribution in [3.63, 3.8) is 0 Å². The highest BCUT2D eigenvalue weighted by Gasteiger charge is 2.24. The van der Waals surface area contributed by atoms with E-state index in [9.17, 15) is 13.6 Å². The number of nitrogens with two attached hydrogens (primary N) is 1. The van der Waals surface area contributed by atoms with E-state index in [1.807, 2.05) is 0 Å². The number of nitrogens with zero attached hydrogens (tertiary/aromatic N) is 1. The van der Waals surface area contributed by atoms with E-state index in [0.29, 0.717) is 13.1 Å². The van der Waals surface area contributed by atoms with Crippen LogP contribution in [0.3, 0.4) is 0 Å². The van der Waals surface area contributed by atoms with Crippen molar-refractivity contribution in [2.24, 2.45) is 5.73 Å². The summed E-state index contributed by atoms with van der Waals surface area (Å²) in [7, 11) is 0. The topological polar surface area (TPSA) is 58.4 Å². The summed E-state index contributed by atoms with van der Waals surface area (Å²) >= 11 is 0. The van der Waals surface area contributed by atoms with Gasteiger partial charge >= 0.3 is 6.03 Å². The van der Waals surface area contributed by atoms with Crippen molar-refractivity contribution in [2.45, 2.75) is 12.5 Å².